The summed E-state index contributed by atoms with van der Waals surface area (Å²) in [6.07, 6.45) is 1.29. The van der Waals surface area contributed by atoms with Gasteiger partial charge in [0.2, 0.25) is 0 Å². The first-order valence-corrected chi connectivity index (χ1v) is 7.85. The molecule has 26 heavy (non-hydrogen) atoms. The molecule has 0 aliphatic carbocycles. The van der Waals surface area contributed by atoms with Crippen LogP contribution in [-0.4, -0.2) is 59.6 Å². The summed E-state index contributed by atoms with van der Waals surface area (Å²) in [7, 11) is 1.95. The molecule has 1 aromatic carbocycles. The molecule has 0 aromatic heterocycles. The van der Waals surface area contributed by atoms with Gasteiger partial charge in [-0.3, -0.25) is 14.9 Å². The number of esters is 2. The maximum Gasteiger partial charge on any atom is 0.349 e. The molecule has 10 heteroatoms. The largest absolute Gasteiger partial charge is 0.477 e. The minimum absolute atomic E-state index is 0.206. The van der Waals surface area contributed by atoms with Gasteiger partial charge in [-0.1, -0.05) is 0 Å². The number of piperidine rings is 1. The second-order valence-electron chi connectivity index (χ2n) is 5.90. The van der Waals surface area contributed by atoms with Crippen LogP contribution in [0.25, 0.3) is 0 Å². The number of nitrogens with zero attached hydrogens (tertiary/aromatic N) is 2. The van der Waals surface area contributed by atoms with Crippen LogP contribution in [-0.2, 0) is 14.3 Å². The molecule has 10 nitrogen and oxygen atoms in total. The minimum Gasteiger partial charge on any atom is -0.477 e. The van der Waals surface area contributed by atoms with Crippen molar-refractivity contribution in [2.45, 2.75) is 12.8 Å². The van der Waals surface area contributed by atoms with E-state index in [0.29, 0.717) is 12.8 Å². The van der Waals surface area contributed by atoms with Crippen molar-refractivity contribution in [3.05, 3.63) is 33.9 Å². The molecule has 0 amide bonds. The summed E-state index contributed by atoms with van der Waals surface area (Å²) in [6, 6.07) is 2.92. The van der Waals surface area contributed by atoms with E-state index >= 15 is 0 Å². The topological polar surface area (TPSA) is 136 Å². The first-order valence-electron chi connectivity index (χ1n) is 7.85. The molecular formula is C16H18N2O8. The predicted octanol–water partition coefficient (Wildman–Crippen LogP) is 1.08. The van der Waals surface area contributed by atoms with Crippen molar-refractivity contribution >= 4 is 23.6 Å². The molecule has 0 bridgehead atoms. The van der Waals surface area contributed by atoms with Crippen LogP contribution in [0.4, 0.5) is 5.69 Å². The Kier molecular flexibility index (Phi) is 6.23. The SMILES string of the molecule is CN1CCC(C(=O)OCC(=O)Oc2ccc(C(=O)O)c([N+](=O)[O-])c2)CC1. The lowest BCUT2D eigenvalue weighted by Crippen LogP contribution is -2.35. The number of carbonyl (C=O) groups excluding carboxylic acids is 2. The van der Waals surface area contributed by atoms with Crippen LogP contribution >= 0.6 is 0 Å². The molecule has 1 N–H and O–H groups in total. The van der Waals surface area contributed by atoms with Gasteiger partial charge in [0.1, 0.15) is 11.3 Å². The number of hydrogen-bond acceptors (Lipinski definition) is 8. The van der Waals surface area contributed by atoms with Crippen LogP contribution in [0.1, 0.15) is 23.2 Å². The number of aromatic carboxylic acids is 1. The van der Waals surface area contributed by atoms with Crippen LogP contribution in [0.2, 0.25) is 0 Å². The standard InChI is InChI=1S/C16H18N2O8/c1-17-6-4-10(5-7-17)16(22)25-9-14(19)26-11-2-3-12(15(20)21)13(8-11)18(23)24/h2-3,8,10H,4-7,9H2,1H3,(H,20,21). The molecule has 0 radical (unpaired) electrons. The number of hydrogen-bond donors (Lipinski definition) is 1. The minimum atomic E-state index is -1.47. The lowest BCUT2D eigenvalue weighted by atomic mass is 9.97. The van der Waals surface area contributed by atoms with Crippen molar-refractivity contribution in [1.29, 1.82) is 0 Å². The van der Waals surface area contributed by atoms with Crippen LogP contribution in [0.3, 0.4) is 0 Å². The fourth-order valence-corrected chi connectivity index (χ4v) is 2.56. The van der Waals surface area contributed by atoms with Crippen LogP contribution in [0.5, 0.6) is 5.75 Å². The summed E-state index contributed by atoms with van der Waals surface area (Å²) in [4.78, 5) is 46.7. The Morgan fingerprint density at radius 1 is 1.31 bits per heavy atom. The van der Waals surface area contributed by atoms with E-state index in [0.717, 1.165) is 31.3 Å². The normalized spacial score (nSPS) is 15.3. The fourth-order valence-electron chi connectivity index (χ4n) is 2.56. The van der Waals surface area contributed by atoms with Crippen molar-refractivity contribution in [3.63, 3.8) is 0 Å². The number of nitro benzene ring substituents is 1. The highest BCUT2D eigenvalue weighted by atomic mass is 16.6. The predicted molar refractivity (Wildman–Crippen MR) is 86.9 cm³/mol. The van der Waals surface area contributed by atoms with Gasteiger partial charge in [-0.15, -0.1) is 0 Å². The second-order valence-corrected chi connectivity index (χ2v) is 5.90. The maximum absolute atomic E-state index is 11.9. The molecule has 0 unspecified atom stereocenters. The van der Waals surface area contributed by atoms with Gasteiger partial charge in [-0.05, 0) is 45.1 Å². The number of benzene rings is 1. The fraction of sp³-hybridized carbons (Fsp3) is 0.438. The highest BCUT2D eigenvalue weighted by molar-refractivity contribution is 5.92. The van der Waals surface area contributed by atoms with Crippen molar-refractivity contribution < 1.29 is 33.9 Å². The zero-order valence-corrected chi connectivity index (χ0v) is 14.0. The second kappa shape index (κ2) is 8.39. The van der Waals surface area contributed by atoms with E-state index in [1.165, 1.54) is 0 Å². The molecule has 1 aliphatic rings. The molecule has 0 spiro atoms. The summed E-state index contributed by atoms with van der Waals surface area (Å²) in [5.41, 5.74) is -1.23. The van der Waals surface area contributed by atoms with Crippen molar-refractivity contribution in [2.75, 3.05) is 26.7 Å². The lowest BCUT2D eigenvalue weighted by Gasteiger charge is -2.27. The Hall–Kier alpha value is -3.01. The van der Waals surface area contributed by atoms with Gasteiger partial charge < -0.3 is 19.5 Å². The summed E-state index contributed by atoms with van der Waals surface area (Å²) >= 11 is 0. The summed E-state index contributed by atoms with van der Waals surface area (Å²) in [6.45, 7) is 0.910. The summed E-state index contributed by atoms with van der Waals surface area (Å²) in [5.74, 6) is -3.34. The zero-order chi connectivity index (χ0) is 19.3. The Morgan fingerprint density at radius 2 is 1.96 bits per heavy atom. The van der Waals surface area contributed by atoms with Gasteiger partial charge in [0.25, 0.3) is 5.69 Å². The average Bonchev–Trinajstić information content (AvgIpc) is 2.60. The zero-order valence-electron chi connectivity index (χ0n) is 14.0. The Bertz CT molecular complexity index is 725. The number of rotatable bonds is 6. The van der Waals surface area contributed by atoms with Crippen molar-refractivity contribution in [3.8, 4) is 5.75 Å². The van der Waals surface area contributed by atoms with Gasteiger partial charge in [-0.2, -0.15) is 0 Å². The monoisotopic (exact) mass is 366 g/mol. The molecule has 1 aromatic rings. The van der Waals surface area contributed by atoms with Gasteiger partial charge in [-0.25, -0.2) is 9.59 Å². The molecular weight excluding hydrogens is 348 g/mol. The van der Waals surface area contributed by atoms with Gasteiger partial charge >= 0.3 is 17.9 Å². The van der Waals surface area contributed by atoms with E-state index in [4.69, 9.17) is 14.6 Å². The molecule has 1 saturated heterocycles. The molecule has 140 valence electrons. The maximum atomic E-state index is 11.9. The quantitative estimate of drug-likeness (QED) is 0.339. The van der Waals surface area contributed by atoms with Crippen LogP contribution < -0.4 is 4.74 Å². The Labute approximate surface area is 148 Å². The number of carboxylic acids is 1. The number of likely N-dealkylation sites (tertiary alicyclic amines) is 1. The number of carboxylic acid groups (broad SMARTS) is 1. The van der Waals surface area contributed by atoms with Gasteiger partial charge in [0.05, 0.1) is 16.9 Å². The lowest BCUT2D eigenvalue weighted by molar-refractivity contribution is -0.385. The number of ether oxygens (including phenoxy) is 2. The summed E-state index contributed by atoms with van der Waals surface area (Å²) in [5, 5.41) is 19.8. The van der Waals surface area contributed by atoms with E-state index < -0.39 is 40.7 Å². The van der Waals surface area contributed by atoms with Crippen molar-refractivity contribution in [1.82, 2.24) is 4.90 Å². The van der Waals surface area contributed by atoms with Gasteiger partial charge in [0, 0.05) is 0 Å². The number of nitro groups is 1. The molecule has 1 fully saturated rings. The first-order chi connectivity index (χ1) is 12.3. The van der Waals surface area contributed by atoms with E-state index in [-0.39, 0.29) is 11.7 Å². The third-order valence-electron chi connectivity index (χ3n) is 4.01. The third kappa shape index (κ3) is 4.99. The van der Waals surface area contributed by atoms with E-state index in [2.05, 4.69) is 4.90 Å². The van der Waals surface area contributed by atoms with E-state index in [9.17, 15) is 24.5 Å². The molecule has 1 heterocycles. The van der Waals surface area contributed by atoms with E-state index in [1.54, 1.807) is 0 Å². The molecule has 0 atom stereocenters. The Morgan fingerprint density at radius 3 is 2.54 bits per heavy atom. The smallest absolute Gasteiger partial charge is 0.349 e. The third-order valence-corrected chi connectivity index (χ3v) is 4.01. The molecule has 2 rings (SSSR count). The van der Waals surface area contributed by atoms with Crippen molar-refractivity contribution in [2.24, 2.45) is 5.92 Å². The first kappa shape index (κ1) is 19.3. The highest BCUT2D eigenvalue weighted by Crippen LogP contribution is 2.25. The van der Waals surface area contributed by atoms with Crippen LogP contribution in [0.15, 0.2) is 18.2 Å². The molecule has 1 aliphatic heterocycles. The van der Waals surface area contributed by atoms with Gasteiger partial charge in [0.15, 0.2) is 6.61 Å². The molecule has 0 saturated carbocycles. The Balaban J connectivity index is 1.91. The van der Waals surface area contributed by atoms with E-state index in [1.807, 2.05) is 7.05 Å². The van der Waals surface area contributed by atoms with Crippen LogP contribution in [0, 0.1) is 16.0 Å². The number of carbonyl (C=O) groups is 3. The summed E-state index contributed by atoms with van der Waals surface area (Å²) < 4.78 is 9.80. The highest BCUT2D eigenvalue weighted by Gasteiger charge is 2.26. The average molecular weight is 366 g/mol.